The van der Waals surface area contributed by atoms with Crippen molar-refractivity contribution in [2.24, 2.45) is 5.92 Å². The van der Waals surface area contributed by atoms with E-state index in [2.05, 4.69) is 34.6 Å². The smallest absolute Gasteiger partial charge is 0.462 e. The van der Waals surface area contributed by atoms with Crippen LogP contribution in [0, 0.1) is 5.92 Å². The average molecular weight is 1350 g/mol. The maximum atomic E-state index is 13.0. The molecule has 0 bridgehead atoms. The monoisotopic (exact) mass is 1350 g/mol. The van der Waals surface area contributed by atoms with Gasteiger partial charge in [0.25, 0.3) is 0 Å². The number of carbonyl (C=O) groups is 4. The largest absolute Gasteiger partial charge is 0.472 e. The molecule has 3 N–H and O–H groups in total. The standard InChI is InChI=1S/C73H142O17P2/c1-6-9-12-15-18-21-24-25-26-27-28-29-30-31-32-35-38-43-49-54-59-73(78)89-68(62-83-70(75)56-51-46-41-36-33-22-19-16-13-10-7-2)64-87-91(79,80)85-60-67(74)61-86-92(81,82)88-65-69(63-84-71(76)57-52-47-44-39-40-45-50-55-66(4)5)90-72(77)58-53-48-42-37-34-23-20-17-14-11-8-3/h66-69,74H,6-65H2,1-5H3,(H,79,80)(H,81,82)/t67-,68-,69-/m1/s1. The third-order valence-corrected chi connectivity index (χ3v) is 18.9. The van der Waals surface area contributed by atoms with Crippen LogP contribution in [0.2, 0.25) is 0 Å². The third kappa shape index (κ3) is 66.7. The van der Waals surface area contributed by atoms with Gasteiger partial charge < -0.3 is 33.8 Å². The number of phosphoric acid groups is 2. The van der Waals surface area contributed by atoms with E-state index in [4.69, 9.17) is 37.0 Å². The SMILES string of the molecule is CCCCCCCCCCCCCCCCCCCCCCC(=O)O[C@H](COC(=O)CCCCCCCCCCCCC)COP(=O)(O)OC[C@@H](O)COP(=O)(O)OC[C@@H](COC(=O)CCCCCCCCCC(C)C)OC(=O)CCCCCCCCCCCCC. The minimum absolute atomic E-state index is 0.106. The van der Waals surface area contributed by atoms with Gasteiger partial charge in [-0.1, -0.05) is 330 Å². The Morgan fingerprint density at radius 2 is 0.500 bits per heavy atom. The molecule has 0 saturated heterocycles. The van der Waals surface area contributed by atoms with Gasteiger partial charge in [0, 0.05) is 25.7 Å². The van der Waals surface area contributed by atoms with Crippen molar-refractivity contribution in [3.05, 3.63) is 0 Å². The molecule has 0 saturated carbocycles. The fourth-order valence-corrected chi connectivity index (χ4v) is 12.8. The Kier molecular flexibility index (Phi) is 64.9. The second kappa shape index (κ2) is 66.3. The minimum atomic E-state index is -4.95. The van der Waals surface area contributed by atoms with Crippen molar-refractivity contribution in [2.45, 2.75) is 400 Å². The van der Waals surface area contributed by atoms with Gasteiger partial charge in [-0.2, -0.15) is 0 Å². The first-order valence-electron chi connectivity index (χ1n) is 38.1. The van der Waals surface area contributed by atoms with E-state index in [-0.39, 0.29) is 25.7 Å². The Bertz CT molecular complexity index is 1770. The number of rotatable bonds is 73. The number of hydrogen-bond acceptors (Lipinski definition) is 15. The van der Waals surface area contributed by atoms with Gasteiger partial charge in [0.1, 0.15) is 19.3 Å². The molecule has 0 rings (SSSR count). The zero-order chi connectivity index (χ0) is 67.7. The van der Waals surface area contributed by atoms with E-state index < -0.39 is 97.5 Å². The van der Waals surface area contributed by atoms with Crippen molar-refractivity contribution in [1.29, 1.82) is 0 Å². The van der Waals surface area contributed by atoms with Crippen molar-refractivity contribution in [2.75, 3.05) is 39.6 Å². The van der Waals surface area contributed by atoms with Gasteiger partial charge in [-0.25, -0.2) is 9.13 Å². The fourth-order valence-electron chi connectivity index (χ4n) is 11.2. The predicted octanol–water partition coefficient (Wildman–Crippen LogP) is 21.3. The highest BCUT2D eigenvalue weighted by Gasteiger charge is 2.30. The maximum Gasteiger partial charge on any atom is 0.472 e. The van der Waals surface area contributed by atoms with Crippen LogP contribution < -0.4 is 0 Å². The molecule has 0 aliphatic rings. The predicted molar refractivity (Wildman–Crippen MR) is 372 cm³/mol. The number of aliphatic hydroxyl groups is 1. The molecule has 546 valence electrons. The van der Waals surface area contributed by atoms with E-state index in [1.165, 1.54) is 199 Å². The third-order valence-electron chi connectivity index (χ3n) is 17.0. The molecule has 0 spiro atoms. The molecule has 17 nitrogen and oxygen atoms in total. The van der Waals surface area contributed by atoms with Gasteiger partial charge in [-0.15, -0.1) is 0 Å². The highest BCUT2D eigenvalue weighted by Crippen LogP contribution is 2.45. The fraction of sp³-hybridized carbons (Fsp3) is 0.945. The van der Waals surface area contributed by atoms with Gasteiger partial charge in [0.05, 0.1) is 26.4 Å². The summed E-state index contributed by atoms with van der Waals surface area (Å²) >= 11 is 0. The summed E-state index contributed by atoms with van der Waals surface area (Å²) in [5.74, 6) is -1.41. The lowest BCUT2D eigenvalue weighted by atomic mass is 10.0. The van der Waals surface area contributed by atoms with E-state index >= 15 is 0 Å². The summed E-state index contributed by atoms with van der Waals surface area (Å²) in [6.07, 6.45) is 54.2. The van der Waals surface area contributed by atoms with Crippen molar-refractivity contribution >= 4 is 39.5 Å². The lowest BCUT2D eigenvalue weighted by Gasteiger charge is -2.21. The Hall–Kier alpha value is -1.94. The summed E-state index contributed by atoms with van der Waals surface area (Å²) in [4.78, 5) is 72.6. The molecular weight excluding hydrogens is 1210 g/mol. The maximum absolute atomic E-state index is 13.0. The molecule has 0 aliphatic carbocycles. The second-order valence-electron chi connectivity index (χ2n) is 26.8. The molecule has 0 radical (unpaired) electrons. The summed E-state index contributed by atoms with van der Waals surface area (Å²) in [6.45, 7) is 7.20. The molecule has 0 aromatic carbocycles. The van der Waals surface area contributed by atoms with Crippen LogP contribution in [0.4, 0.5) is 0 Å². The molecule has 0 aromatic rings. The van der Waals surface area contributed by atoms with Crippen molar-refractivity contribution in [3.8, 4) is 0 Å². The van der Waals surface area contributed by atoms with Gasteiger partial charge in [-0.3, -0.25) is 37.3 Å². The number of ether oxygens (including phenoxy) is 4. The molecule has 92 heavy (non-hydrogen) atoms. The summed E-state index contributed by atoms with van der Waals surface area (Å²) in [5, 5.41) is 10.6. The van der Waals surface area contributed by atoms with Crippen LogP contribution in [0.25, 0.3) is 0 Å². The zero-order valence-electron chi connectivity index (χ0n) is 59.7. The Labute approximate surface area is 562 Å². The summed E-state index contributed by atoms with van der Waals surface area (Å²) in [5.41, 5.74) is 0. The van der Waals surface area contributed by atoms with Crippen LogP contribution in [0.15, 0.2) is 0 Å². The molecule has 0 amide bonds. The van der Waals surface area contributed by atoms with Gasteiger partial charge in [0.2, 0.25) is 0 Å². The summed E-state index contributed by atoms with van der Waals surface area (Å²) in [7, 11) is -9.90. The number of hydrogen-bond donors (Lipinski definition) is 3. The van der Waals surface area contributed by atoms with Gasteiger partial charge in [-0.05, 0) is 31.6 Å². The highest BCUT2D eigenvalue weighted by molar-refractivity contribution is 7.47. The second-order valence-corrected chi connectivity index (χ2v) is 29.7. The van der Waals surface area contributed by atoms with E-state index in [1.54, 1.807) is 0 Å². The topological polar surface area (TPSA) is 237 Å². The van der Waals surface area contributed by atoms with Crippen LogP contribution in [0.5, 0.6) is 0 Å². The normalized spacial score (nSPS) is 14.0. The van der Waals surface area contributed by atoms with Crippen LogP contribution in [0.1, 0.15) is 381 Å². The summed E-state index contributed by atoms with van der Waals surface area (Å²) in [6, 6.07) is 0. The van der Waals surface area contributed by atoms with Crippen molar-refractivity contribution in [3.63, 3.8) is 0 Å². The first-order valence-corrected chi connectivity index (χ1v) is 41.1. The van der Waals surface area contributed by atoms with Crippen LogP contribution in [0.3, 0.4) is 0 Å². The number of esters is 4. The van der Waals surface area contributed by atoms with E-state index in [1.807, 2.05) is 0 Å². The number of unbranched alkanes of at least 4 members (excludes halogenated alkanes) is 45. The lowest BCUT2D eigenvalue weighted by Crippen LogP contribution is -2.30. The van der Waals surface area contributed by atoms with E-state index in [9.17, 15) is 43.2 Å². The van der Waals surface area contributed by atoms with Crippen molar-refractivity contribution < 1.29 is 80.2 Å². The lowest BCUT2D eigenvalue weighted by molar-refractivity contribution is -0.161. The van der Waals surface area contributed by atoms with Crippen LogP contribution in [-0.4, -0.2) is 96.7 Å². The Morgan fingerprint density at radius 1 is 0.293 bits per heavy atom. The highest BCUT2D eigenvalue weighted by atomic mass is 31.2. The number of aliphatic hydroxyl groups excluding tert-OH is 1. The Morgan fingerprint density at radius 3 is 0.739 bits per heavy atom. The minimum Gasteiger partial charge on any atom is -0.462 e. The van der Waals surface area contributed by atoms with Gasteiger partial charge >= 0.3 is 39.5 Å². The summed E-state index contributed by atoms with van der Waals surface area (Å²) < 4.78 is 68.3. The number of carbonyl (C=O) groups excluding carboxylic acids is 4. The first kappa shape index (κ1) is 90.1. The number of phosphoric ester groups is 2. The van der Waals surface area contributed by atoms with E-state index in [0.29, 0.717) is 31.6 Å². The van der Waals surface area contributed by atoms with Crippen LogP contribution >= 0.6 is 15.6 Å². The quantitative estimate of drug-likeness (QED) is 0.0222. The first-order chi connectivity index (χ1) is 44.5. The Balaban J connectivity index is 5.18. The van der Waals surface area contributed by atoms with Crippen molar-refractivity contribution in [1.82, 2.24) is 0 Å². The molecule has 2 unspecified atom stereocenters. The molecule has 5 atom stereocenters. The average Bonchev–Trinajstić information content (AvgIpc) is 2.57. The molecule has 0 aliphatic heterocycles. The zero-order valence-corrected chi connectivity index (χ0v) is 61.5. The van der Waals surface area contributed by atoms with E-state index in [0.717, 1.165) is 96.3 Å². The molecule has 0 heterocycles. The molecule has 0 aromatic heterocycles. The van der Waals surface area contributed by atoms with Crippen LogP contribution in [-0.2, 0) is 65.4 Å². The van der Waals surface area contributed by atoms with Gasteiger partial charge in [0.15, 0.2) is 12.2 Å². The molecule has 0 fully saturated rings. The molecular formula is C73H142O17P2. The molecule has 19 heteroatoms.